The smallest absolute Gasteiger partial charge is 0.290 e. The normalized spacial score (nSPS) is 9.87. The van der Waals surface area contributed by atoms with E-state index in [0.29, 0.717) is 11.5 Å². The fourth-order valence-electron chi connectivity index (χ4n) is 1.33. The first kappa shape index (κ1) is 9.21. The summed E-state index contributed by atoms with van der Waals surface area (Å²) in [5.74, 6) is 0.479. The largest absolute Gasteiger partial charge is 0.293 e. The first-order chi connectivity index (χ1) is 7.24. The van der Waals surface area contributed by atoms with Gasteiger partial charge < -0.3 is 0 Å². The molecular weight excluding hydrogens is 192 g/mol. The van der Waals surface area contributed by atoms with Gasteiger partial charge in [-0.25, -0.2) is 9.67 Å². The predicted molar refractivity (Wildman–Crippen MR) is 53.6 cm³/mol. The molecule has 0 spiro atoms. The summed E-state index contributed by atoms with van der Waals surface area (Å²) < 4.78 is 1.26. The van der Waals surface area contributed by atoms with Crippen LogP contribution in [0.2, 0.25) is 0 Å². The summed E-state index contributed by atoms with van der Waals surface area (Å²) in [6, 6.07) is 7.09. The number of nitrogens with zero attached hydrogens (tertiary/aromatic N) is 3. The maximum absolute atomic E-state index is 11.7. The lowest BCUT2D eigenvalue weighted by atomic mass is 10.3. The number of aryl methyl sites for hydroxylation is 1. The Morgan fingerprint density at radius 2 is 2.33 bits per heavy atom. The van der Waals surface area contributed by atoms with Crippen LogP contribution in [0, 0.1) is 18.3 Å². The molecule has 0 aliphatic carbocycles. The predicted octanol–water partition coefficient (Wildman–Crippen LogP) is 0.741. The molecule has 0 saturated heterocycles. The van der Waals surface area contributed by atoms with Crippen molar-refractivity contribution in [3.05, 3.63) is 46.0 Å². The number of rotatable bonds is 1. The van der Waals surface area contributed by atoms with Gasteiger partial charge in [0.1, 0.15) is 11.6 Å². The Kier molecular flexibility index (Phi) is 2.10. The Bertz CT molecular complexity index is 574. The summed E-state index contributed by atoms with van der Waals surface area (Å²) in [7, 11) is 0. The van der Waals surface area contributed by atoms with Crippen LogP contribution in [0.5, 0.6) is 0 Å². The lowest BCUT2D eigenvalue weighted by molar-refractivity contribution is 0.807. The average molecular weight is 200 g/mol. The molecule has 0 aliphatic rings. The first-order valence-electron chi connectivity index (χ1n) is 4.37. The van der Waals surface area contributed by atoms with Crippen molar-refractivity contribution in [2.24, 2.45) is 0 Å². The van der Waals surface area contributed by atoms with Gasteiger partial charge in [0.15, 0.2) is 5.82 Å². The van der Waals surface area contributed by atoms with Crippen molar-refractivity contribution in [2.45, 2.75) is 6.92 Å². The molecule has 0 aromatic carbocycles. The second-order valence-electron chi connectivity index (χ2n) is 3.05. The third kappa shape index (κ3) is 1.42. The third-order valence-corrected chi connectivity index (χ3v) is 2.06. The number of hydrogen-bond donors (Lipinski definition) is 1. The maximum atomic E-state index is 11.7. The van der Waals surface area contributed by atoms with Gasteiger partial charge in [-0.15, -0.1) is 0 Å². The lowest BCUT2D eigenvalue weighted by Crippen LogP contribution is -2.17. The monoisotopic (exact) mass is 200 g/mol. The molecule has 74 valence electrons. The van der Waals surface area contributed by atoms with Gasteiger partial charge in [-0.3, -0.25) is 9.89 Å². The summed E-state index contributed by atoms with van der Waals surface area (Å²) in [4.78, 5) is 15.7. The number of aromatic amines is 1. The number of pyridine rings is 1. The van der Waals surface area contributed by atoms with E-state index < -0.39 is 0 Å². The van der Waals surface area contributed by atoms with Crippen molar-refractivity contribution >= 4 is 0 Å². The van der Waals surface area contributed by atoms with E-state index in [1.54, 1.807) is 31.3 Å². The van der Waals surface area contributed by atoms with Crippen molar-refractivity contribution in [2.75, 3.05) is 0 Å². The highest BCUT2D eigenvalue weighted by Crippen LogP contribution is 2.02. The quantitative estimate of drug-likeness (QED) is 0.737. The van der Waals surface area contributed by atoms with E-state index in [-0.39, 0.29) is 11.1 Å². The highest BCUT2D eigenvalue weighted by Gasteiger charge is 2.11. The van der Waals surface area contributed by atoms with E-state index in [2.05, 4.69) is 10.1 Å². The summed E-state index contributed by atoms with van der Waals surface area (Å²) in [6.07, 6.45) is 1.59. The van der Waals surface area contributed by atoms with Crippen LogP contribution in [0.15, 0.2) is 29.2 Å². The maximum Gasteiger partial charge on any atom is 0.290 e. The van der Waals surface area contributed by atoms with E-state index >= 15 is 0 Å². The molecule has 0 bridgehead atoms. The highest BCUT2D eigenvalue weighted by atomic mass is 16.1. The molecule has 5 nitrogen and oxygen atoms in total. The van der Waals surface area contributed by atoms with Crippen molar-refractivity contribution in [3.8, 4) is 11.9 Å². The van der Waals surface area contributed by atoms with Gasteiger partial charge in [-0.2, -0.15) is 5.26 Å². The van der Waals surface area contributed by atoms with Crippen molar-refractivity contribution in [1.29, 1.82) is 5.26 Å². The van der Waals surface area contributed by atoms with E-state index in [1.807, 2.05) is 6.07 Å². The molecule has 0 atom stereocenters. The van der Waals surface area contributed by atoms with Gasteiger partial charge in [0, 0.05) is 6.20 Å². The summed E-state index contributed by atoms with van der Waals surface area (Å²) in [5, 5.41) is 11.6. The molecule has 0 fully saturated rings. The molecule has 2 aromatic heterocycles. The van der Waals surface area contributed by atoms with E-state index in [9.17, 15) is 4.79 Å². The molecule has 1 N–H and O–H groups in total. The fourth-order valence-corrected chi connectivity index (χ4v) is 1.33. The van der Waals surface area contributed by atoms with Crippen LogP contribution in [-0.4, -0.2) is 14.8 Å². The molecule has 2 rings (SSSR count). The molecule has 2 heterocycles. The molecule has 2 aromatic rings. The number of nitriles is 1. The average Bonchev–Trinajstić information content (AvgIpc) is 2.55. The van der Waals surface area contributed by atoms with E-state index in [4.69, 9.17) is 5.26 Å². The summed E-state index contributed by atoms with van der Waals surface area (Å²) in [6.45, 7) is 1.68. The Labute approximate surface area is 85.6 Å². The lowest BCUT2D eigenvalue weighted by Gasteiger charge is -1.97. The molecule has 0 saturated carbocycles. The minimum absolute atomic E-state index is 0.126. The number of hydrogen-bond acceptors (Lipinski definition) is 3. The number of H-pyrrole nitrogens is 1. The summed E-state index contributed by atoms with van der Waals surface area (Å²) >= 11 is 0. The van der Waals surface area contributed by atoms with Gasteiger partial charge in [0.05, 0.1) is 5.69 Å². The molecule has 0 amide bonds. The van der Waals surface area contributed by atoms with Gasteiger partial charge >= 0.3 is 0 Å². The molecular formula is C10H8N4O. The second kappa shape index (κ2) is 3.42. The van der Waals surface area contributed by atoms with Gasteiger partial charge in [0.2, 0.25) is 0 Å². The first-order valence-corrected chi connectivity index (χ1v) is 4.37. The Morgan fingerprint density at radius 1 is 1.53 bits per heavy atom. The van der Waals surface area contributed by atoms with E-state index in [1.165, 1.54) is 4.68 Å². The van der Waals surface area contributed by atoms with Crippen molar-refractivity contribution in [3.63, 3.8) is 0 Å². The van der Waals surface area contributed by atoms with Crippen LogP contribution in [-0.2, 0) is 0 Å². The molecule has 0 unspecified atom stereocenters. The van der Waals surface area contributed by atoms with Crippen LogP contribution in [0.1, 0.15) is 11.3 Å². The van der Waals surface area contributed by atoms with Crippen LogP contribution in [0.25, 0.3) is 5.82 Å². The van der Waals surface area contributed by atoms with Gasteiger partial charge in [-0.05, 0) is 19.1 Å². The van der Waals surface area contributed by atoms with Crippen molar-refractivity contribution in [1.82, 2.24) is 14.8 Å². The third-order valence-electron chi connectivity index (χ3n) is 2.06. The van der Waals surface area contributed by atoms with Crippen molar-refractivity contribution < 1.29 is 0 Å². The molecule has 5 heteroatoms. The van der Waals surface area contributed by atoms with Gasteiger partial charge in [0.25, 0.3) is 5.56 Å². The SMILES string of the molecule is Cc1[nH]n(-c2ccccn2)c(=O)c1C#N. The van der Waals surface area contributed by atoms with Crippen LogP contribution in [0.3, 0.4) is 0 Å². The number of aromatic nitrogens is 3. The fraction of sp³-hybridized carbons (Fsp3) is 0.100. The topological polar surface area (TPSA) is 74.5 Å². The van der Waals surface area contributed by atoms with Gasteiger partial charge in [-0.1, -0.05) is 6.07 Å². The zero-order chi connectivity index (χ0) is 10.8. The standard InChI is InChI=1S/C10H8N4O/c1-7-8(6-11)10(15)14(13-7)9-4-2-3-5-12-9/h2-5,13H,1H3. The minimum Gasteiger partial charge on any atom is -0.293 e. The van der Waals surface area contributed by atoms with E-state index in [0.717, 1.165) is 0 Å². The molecule has 15 heavy (non-hydrogen) atoms. The molecule has 0 aliphatic heterocycles. The zero-order valence-corrected chi connectivity index (χ0v) is 8.06. The number of nitrogens with one attached hydrogen (secondary N) is 1. The Hall–Kier alpha value is -2.35. The second-order valence-corrected chi connectivity index (χ2v) is 3.05. The molecule has 0 radical (unpaired) electrons. The van der Waals surface area contributed by atoms with Crippen LogP contribution >= 0.6 is 0 Å². The summed E-state index contributed by atoms with van der Waals surface area (Å²) in [5.41, 5.74) is 0.308. The zero-order valence-electron chi connectivity index (χ0n) is 8.06. The minimum atomic E-state index is -0.367. The van der Waals surface area contributed by atoms with Crippen LogP contribution < -0.4 is 5.56 Å². The Morgan fingerprint density at radius 3 is 2.87 bits per heavy atom. The van der Waals surface area contributed by atoms with Crippen LogP contribution in [0.4, 0.5) is 0 Å². The highest BCUT2D eigenvalue weighted by molar-refractivity contribution is 5.33. The Balaban J connectivity index is 2.67.